The molecule has 1 atom stereocenters. The van der Waals surface area contributed by atoms with Crippen molar-refractivity contribution in [2.45, 2.75) is 13.1 Å². The zero-order valence-electron chi connectivity index (χ0n) is 11.1. The molecule has 1 unspecified atom stereocenters. The standard InChI is InChI=1S/C14H16N4O2/c1-9-12(16-8-15-9)13-17-11-5-3-2-4-10(11)14(20)18(13)6-7-19/h2-5,8,13,17,19H,6-7H2,1H3,(H,15,16). The first kappa shape index (κ1) is 12.7. The summed E-state index contributed by atoms with van der Waals surface area (Å²) >= 11 is 0. The maximum Gasteiger partial charge on any atom is 0.257 e. The predicted octanol–water partition coefficient (Wildman–Crippen LogP) is 1.28. The number of anilines is 1. The molecule has 1 aromatic carbocycles. The summed E-state index contributed by atoms with van der Waals surface area (Å²) in [6.07, 6.45) is 1.24. The second kappa shape index (κ2) is 4.97. The summed E-state index contributed by atoms with van der Waals surface area (Å²) in [5.74, 6) is -0.0965. The van der Waals surface area contributed by atoms with Crippen molar-refractivity contribution in [3.05, 3.63) is 47.5 Å². The summed E-state index contributed by atoms with van der Waals surface area (Å²) in [6, 6.07) is 7.37. The lowest BCUT2D eigenvalue weighted by atomic mass is 10.1. The first-order valence-corrected chi connectivity index (χ1v) is 6.49. The van der Waals surface area contributed by atoms with Gasteiger partial charge in [0.25, 0.3) is 5.91 Å². The number of para-hydroxylation sites is 1. The van der Waals surface area contributed by atoms with Crippen LogP contribution >= 0.6 is 0 Å². The molecule has 2 aromatic rings. The molecular formula is C14H16N4O2. The van der Waals surface area contributed by atoms with Crippen LogP contribution < -0.4 is 5.32 Å². The van der Waals surface area contributed by atoms with Crippen molar-refractivity contribution >= 4 is 11.6 Å². The minimum atomic E-state index is -0.365. The lowest BCUT2D eigenvalue weighted by molar-refractivity contribution is 0.0636. The third-order valence-corrected chi connectivity index (χ3v) is 3.49. The molecule has 6 nitrogen and oxygen atoms in total. The van der Waals surface area contributed by atoms with E-state index in [0.717, 1.165) is 17.1 Å². The molecule has 1 aromatic heterocycles. The van der Waals surface area contributed by atoms with E-state index in [9.17, 15) is 9.90 Å². The molecule has 104 valence electrons. The van der Waals surface area contributed by atoms with Gasteiger partial charge in [-0.25, -0.2) is 4.98 Å². The maximum absolute atomic E-state index is 12.6. The summed E-state index contributed by atoms with van der Waals surface area (Å²) in [7, 11) is 0. The van der Waals surface area contributed by atoms with Crippen LogP contribution in [0.25, 0.3) is 0 Å². The van der Waals surface area contributed by atoms with E-state index in [4.69, 9.17) is 0 Å². The molecule has 0 saturated carbocycles. The number of fused-ring (bicyclic) bond motifs is 1. The van der Waals surface area contributed by atoms with Gasteiger partial charge in [-0.05, 0) is 19.1 Å². The fourth-order valence-corrected chi connectivity index (χ4v) is 2.49. The van der Waals surface area contributed by atoms with Gasteiger partial charge < -0.3 is 20.3 Å². The van der Waals surface area contributed by atoms with Crippen LogP contribution in [0.1, 0.15) is 27.9 Å². The van der Waals surface area contributed by atoms with Crippen LogP contribution in [-0.2, 0) is 0 Å². The van der Waals surface area contributed by atoms with E-state index in [1.165, 1.54) is 0 Å². The largest absolute Gasteiger partial charge is 0.395 e. The van der Waals surface area contributed by atoms with Crippen LogP contribution in [0.2, 0.25) is 0 Å². The Hall–Kier alpha value is -2.34. The highest BCUT2D eigenvalue weighted by Gasteiger charge is 2.34. The van der Waals surface area contributed by atoms with Crippen LogP contribution in [0.15, 0.2) is 30.6 Å². The van der Waals surface area contributed by atoms with E-state index in [-0.39, 0.29) is 25.2 Å². The Morgan fingerprint density at radius 2 is 2.20 bits per heavy atom. The number of imidazole rings is 1. The van der Waals surface area contributed by atoms with Crippen molar-refractivity contribution in [3.63, 3.8) is 0 Å². The monoisotopic (exact) mass is 272 g/mol. The lowest BCUT2D eigenvalue weighted by Crippen LogP contribution is -2.44. The van der Waals surface area contributed by atoms with E-state index < -0.39 is 0 Å². The average molecular weight is 272 g/mol. The van der Waals surface area contributed by atoms with Gasteiger partial charge in [0.05, 0.1) is 18.5 Å². The summed E-state index contributed by atoms with van der Waals surface area (Å²) in [4.78, 5) is 21.5. The van der Waals surface area contributed by atoms with Crippen LogP contribution in [-0.4, -0.2) is 39.0 Å². The first-order valence-electron chi connectivity index (χ1n) is 6.49. The molecule has 0 saturated heterocycles. The Bertz CT molecular complexity index is 638. The van der Waals surface area contributed by atoms with E-state index in [0.29, 0.717) is 5.56 Å². The molecule has 0 bridgehead atoms. The second-order valence-electron chi connectivity index (χ2n) is 4.73. The molecule has 0 radical (unpaired) electrons. The summed E-state index contributed by atoms with van der Waals surface area (Å²) in [6.45, 7) is 2.08. The SMILES string of the molecule is Cc1[nH]cnc1C1Nc2ccccc2C(=O)N1CCO. The summed E-state index contributed by atoms with van der Waals surface area (Å²) in [5.41, 5.74) is 3.07. The third-order valence-electron chi connectivity index (χ3n) is 3.49. The number of hydrogen-bond acceptors (Lipinski definition) is 4. The zero-order chi connectivity index (χ0) is 14.1. The Morgan fingerprint density at radius 3 is 2.90 bits per heavy atom. The molecule has 1 amide bonds. The van der Waals surface area contributed by atoms with Crippen LogP contribution in [0.5, 0.6) is 0 Å². The lowest BCUT2D eigenvalue weighted by Gasteiger charge is -2.37. The summed E-state index contributed by atoms with van der Waals surface area (Å²) in [5, 5.41) is 12.5. The molecular weight excluding hydrogens is 256 g/mol. The minimum Gasteiger partial charge on any atom is -0.395 e. The number of β-amino-alcohol motifs (C(OH)–C–C–N with tert-alkyl or cyclic N) is 1. The van der Waals surface area contributed by atoms with Crippen molar-refractivity contribution in [1.29, 1.82) is 0 Å². The molecule has 3 rings (SSSR count). The number of aromatic nitrogens is 2. The number of carbonyl (C=O) groups is 1. The molecule has 1 aliphatic rings. The van der Waals surface area contributed by atoms with Gasteiger partial charge in [-0.1, -0.05) is 12.1 Å². The van der Waals surface area contributed by atoms with E-state index >= 15 is 0 Å². The number of aryl methyl sites for hydroxylation is 1. The number of aliphatic hydroxyl groups is 1. The van der Waals surface area contributed by atoms with Crippen molar-refractivity contribution < 1.29 is 9.90 Å². The van der Waals surface area contributed by atoms with Gasteiger partial charge in [-0.15, -0.1) is 0 Å². The topological polar surface area (TPSA) is 81.2 Å². The van der Waals surface area contributed by atoms with Gasteiger partial charge in [0.15, 0.2) is 0 Å². The third kappa shape index (κ3) is 1.94. The van der Waals surface area contributed by atoms with Gasteiger partial charge >= 0.3 is 0 Å². The average Bonchev–Trinajstić information content (AvgIpc) is 2.88. The van der Waals surface area contributed by atoms with Crippen molar-refractivity contribution in [2.24, 2.45) is 0 Å². The highest BCUT2D eigenvalue weighted by Crippen LogP contribution is 2.32. The number of hydrogen-bond donors (Lipinski definition) is 3. The smallest absolute Gasteiger partial charge is 0.257 e. The van der Waals surface area contributed by atoms with Gasteiger partial charge in [0.2, 0.25) is 0 Å². The summed E-state index contributed by atoms with van der Waals surface area (Å²) < 4.78 is 0. The molecule has 0 spiro atoms. The van der Waals surface area contributed by atoms with Gasteiger partial charge in [0.1, 0.15) is 11.9 Å². The molecule has 2 heterocycles. The van der Waals surface area contributed by atoms with Crippen LogP contribution in [0, 0.1) is 6.92 Å². The van der Waals surface area contributed by atoms with Gasteiger partial charge in [0, 0.05) is 17.9 Å². The number of rotatable bonds is 3. The molecule has 1 aliphatic heterocycles. The van der Waals surface area contributed by atoms with Gasteiger partial charge in [-0.2, -0.15) is 0 Å². The predicted molar refractivity (Wildman–Crippen MR) is 74.3 cm³/mol. The number of aliphatic hydroxyl groups excluding tert-OH is 1. The molecule has 6 heteroatoms. The maximum atomic E-state index is 12.6. The van der Waals surface area contributed by atoms with Crippen molar-refractivity contribution in [1.82, 2.24) is 14.9 Å². The van der Waals surface area contributed by atoms with Crippen LogP contribution in [0.4, 0.5) is 5.69 Å². The Balaban J connectivity index is 2.05. The van der Waals surface area contributed by atoms with Crippen LogP contribution in [0.3, 0.4) is 0 Å². The minimum absolute atomic E-state index is 0.0877. The Labute approximate surface area is 116 Å². The van der Waals surface area contributed by atoms with Gasteiger partial charge in [-0.3, -0.25) is 4.79 Å². The normalized spacial score (nSPS) is 17.8. The highest BCUT2D eigenvalue weighted by molar-refractivity contribution is 6.01. The van der Waals surface area contributed by atoms with Crippen molar-refractivity contribution in [3.8, 4) is 0 Å². The molecule has 3 N–H and O–H groups in total. The number of nitrogens with zero attached hydrogens (tertiary/aromatic N) is 2. The number of H-pyrrole nitrogens is 1. The Kier molecular flexibility index (Phi) is 3.15. The van der Waals surface area contributed by atoms with E-state index in [1.54, 1.807) is 17.3 Å². The Morgan fingerprint density at radius 1 is 1.40 bits per heavy atom. The van der Waals surface area contributed by atoms with E-state index in [1.807, 2.05) is 25.1 Å². The highest BCUT2D eigenvalue weighted by atomic mass is 16.3. The number of nitrogens with one attached hydrogen (secondary N) is 2. The molecule has 0 aliphatic carbocycles. The zero-order valence-corrected chi connectivity index (χ0v) is 11.1. The number of amides is 1. The van der Waals surface area contributed by atoms with Crippen molar-refractivity contribution in [2.75, 3.05) is 18.5 Å². The first-order chi connectivity index (χ1) is 9.72. The number of carbonyl (C=O) groups excluding carboxylic acids is 1. The number of aromatic amines is 1. The fourth-order valence-electron chi connectivity index (χ4n) is 2.49. The number of benzene rings is 1. The quantitative estimate of drug-likeness (QED) is 0.786. The fraction of sp³-hybridized carbons (Fsp3) is 0.286. The molecule has 0 fully saturated rings. The second-order valence-corrected chi connectivity index (χ2v) is 4.73. The van der Waals surface area contributed by atoms with E-state index in [2.05, 4.69) is 15.3 Å². The molecule has 20 heavy (non-hydrogen) atoms.